The molecule has 4 saturated heterocycles. The number of methoxy groups -OCH3 is 2. The van der Waals surface area contributed by atoms with Gasteiger partial charge in [-0.2, -0.15) is 0 Å². The fourth-order valence-corrected chi connectivity index (χ4v) is 10.7. The molecule has 0 unspecified atom stereocenters. The first-order valence-corrected chi connectivity index (χ1v) is 18.4. The molecular formula is C38H34N4O8S2. The molecule has 4 aliphatic rings. The highest BCUT2D eigenvalue weighted by Gasteiger charge is 2.74. The Morgan fingerprint density at radius 1 is 0.538 bits per heavy atom. The number of esters is 2. The van der Waals surface area contributed by atoms with Crippen LogP contribution in [0.15, 0.2) is 60.7 Å². The van der Waals surface area contributed by atoms with E-state index in [1.165, 1.54) is 36.9 Å². The van der Waals surface area contributed by atoms with Gasteiger partial charge in [0.15, 0.2) is 0 Å². The zero-order chi connectivity index (χ0) is 36.9. The maximum absolute atomic E-state index is 14.9. The van der Waals surface area contributed by atoms with Gasteiger partial charge >= 0.3 is 11.9 Å². The predicted octanol–water partition coefficient (Wildman–Crippen LogP) is 5.06. The van der Waals surface area contributed by atoms with Crippen molar-refractivity contribution < 1.29 is 38.2 Å². The number of fused-ring (bicyclic) bond motifs is 5. The number of benzene rings is 2. The van der Waals surface area contributed by atoms with Gasteiger partial charge in [-0.1, -0.05) is 60.7 Å². The minimum absolute atomic E-state index is 0.154. The number of thiophene rings is 2. The van der Waals surface area contributed by atoms with E-state index < -0.39 is 71.6 Å². The Morgan fingerprint density at radius 2 is 0.885 bits per heavy atom. The van der Waals surface area contributed by atoms with E-state index in [1.807, 2.05) is 74.5 Å². The van der Waals surface area contributed by atoms with Crippen LogP contribution in [-0.4, -0.2) is 71.9 Å². The monoisotopic (exact) mass is 738 g/mol. The second kappa shape index (κ2) is 12.3. The number of hydrazine groups is 1. The molecule has 0 N–H and O–H groups in total. The van der Waals surface area contributed by atoms with E-state index in [0.717, 1.165) is 19.6 Å². The van der Waals surface area contributed by atoms with E-state index >= 15 is 0 Å². The van der Waals surface area contributed by atoms with E-state index in [2.05, 4.69) is 0 Å². The Morgan fingerprint density at radius 3 is 1.21 bits per heavy atom. The van der Waals surface area contributed by atoms with Crippen molar-refractivity contribution in [3.05, 3.63) is 104 Å². The molecule has 0 bridgehead atoms. The molecule has 6 atom stereocenters. The minimum atomic E-state index is -1.10. The molecule has 2 aromatic carbocycles. The third-order valence-electron chi connectivity index (χ3n) is 10.9. The summed E-state index contributed by atoms with van der Waals surface area (Å²) in [6.45, 7) is 7.13. The number of nitrogens with zero attached hydrogens (tertiary/aromatic N) is 4. The van der Waals surface area contributed by atoms with Crippen LogP contribution in [0.25, 0.3) is 0 Å². The van der Waals surface area contributed by atoms with Gasteiger partial charge in [-0.15, -0.1) is 22.7 Å². The number of carbonyl (C=O) groups is 6. The largest absolute Gasteiger partial charge is 0.465 e. The van der Waals surface area contributed by atoms with Crippen molar-refractivity contribution in [3.8, 4) is 0 Å². The quantitative estimate of drug-likeness (QED) is 0.195. The second-order valence-electron chi connectivity index (χ2n) is 13.3. The zero-order valence-electron chi connectivity index (χ0n) is 29.1. The molecule has 12 nitrogen and oxygen atoms in total. The van der Waals surface area contributed by atoms with Gasteiger partial charge in [-0.25, -0.2) is 29.4 Å². The number of carbonyl (C=O) groups excluding carboxylic acids is 6. The molecule has 0 radical (unpaired) electrons. The van der Waals surface area contributed by atoms with Crippen LogP contribution in [0, 0.1) is 39.5 Å². The van der Waals surface area contributed by atoms with Crippen LogP contribution in [0.2, 0.25) is 0 Å². The molecule has 2 aromatic heterocycles. The van der Waals surface area contributed by atoms with Crippen molar-refractivity contribution in [1.82, 2.24) is 10.0 Å². The molecule has 8 rings (SSSR count). The minimum Gasteiger partial charge on any atom is -0.465 e. The van der Waals surface area contributed by atoms with Gasteiger partial charge < -0.3 is 9.47 Å². The topological polar surface area (TPSA) is 134 Å². The molecular weight excluding hydrogens is 705 g/mol. The highest BCUT2D eigenvalue weighted by atomic mass is 32.1. The SMILES string of the molecule is COC(=O)c1c(N2C(=O)[C@H]3[C@@H](C2=O)N2[C@@H](c4ccccc4)[C@H]4C(=O)N(c5sc(C)c(C)c5C(=O)OC)C(=O)[C@@H]4N2[C@H]3c2ccccc2)sc(C)c1C. The van der Waals surface area contributed by atoms with Crippen molar-refractivity contribution in [1.29, 1.82) is 0 Å². The van der Waals surface area contributed by atoms with E-state index in [4.69, 9.17) is 9.47 Å². The molecule has 14 heteroatoms. The van der Waals surface area contributed by atoms with Crippen LogP contribution in [-0.2, 0) is 28.7 Å². The number of rotatable bonds is 6. The van der Waals surface area contributed by atoms with Crippen molar-refractivity contribution in [2.75, 3.05) is 24.0 Å². The molecule has 0 spiro atoms. The van der Waals surface area contributed by atoms with E-state index in [1.54, 1.807) is 23.9 Å². The van der Waals surface area contributed by atoms with Crippen molar-refractivity contribution in [3.63, 3.8) is 0 Å². The summed E-state index contributed by atoms with van der Waals surface area (Å²) in [5.41, 5.74) is 2.90. The summed E-state index contributed by atoms with van der Waals surface area (Å²) in [5, 5.41) is 3.93. The van der Waals surface area contributed by atoms with Crippen molar-refractivity contribution in [2.45, 2.75) is 51.9 Å². The first-order chi connectivity index (χ1) is 24.9. The van der Waals surface area contributed by atoms with Gasteiger partial charge in [0, 0.05) is 9.75 Å². The fraction of sp³-hybridized carbons (Fsp3) is 0.316. The van der Waals surface area contributed by atoms with Crippen LogP contribution in [0.5, 0.6) is 0 Å². The van der Waals surface area contributed by atoms with E-state index in [9.17, 15) is 28.8 Å². The average molecular weight is 739 g/mol. The summed E-state index contributed by atoms with van der Waals surface area (Å²) in [6, 6.07) is 14.5. The van der Waals surface area contributed by atoms with Gasteiger partial charge in [0.2, 0.25) is 11.8 Å². The number of amides is 4. The Kier molecular flexibility index (Phi) is 8.06. The summed E-state index contributed by atoms with van der Waals surface area (Å²) < 4.78 is 10.2. The van der Waals surface area contributed by atoms with E-state index in [0.29, 0.717) is 22.3 Å². The summed E-state index contributed by atoms with van der Waals surface area (Å²) in [4.78, 5) is 89.3. The Bertz CT molecular complexity index is 2060. The molecule has 0 saturated carbocycles. The summed E-state index contributed by atoms with van der Waals surface area (Å²) in [7, 11) is 2.50. The number of ether oxygens (including phenoxy) is 2. The van der Waals surface area contributed by atoms with Crippen molar-refractivity contribution >= 4 is 68.2 Å². The zero-order valence-corrected chi connectivity index (χ0v) is 30.7. The fourth-order valence-electron chi connectivity index (χ4n) is 8.42. The Labute approximate surface area is 307 Å². The number of aryl methyl sites for hydroxylation is 2. The number of hydrogen-bond acceptors (Lipinski definition) is 12. The highest BCUT2D eigenvalue weighted by molar-refractivity contribution is 7.17. The summed E-state index contributed by atoms with van der Waals surface area (Å²) >= 11 is 2.34. The lowest BCUT2D eigenvalue weighted by atomic mass is 9.84. The molecule has 6 heterocycles. The van der Waals surface area contributed by atoms with Gasteiger partial charge in [0.1, 0.15) is 22.1 Å². The second-order valence-corrected chi connectivity index (χ2v) is 15.8. The maximum Gasteiger partial charge on any atom is 0.341 e. The summed E-state index contributed by atoms with van der Waals surface area (Å²) in [5.74, 6) is -5.45. The average Bonchev–Trinajstić information content (AvgIpc) is 3.93. The van der Waals surface area contributed by atoms with Gasteiger partial charge in [-0.3, -0.25) is 19.2 Å². The smallest absolute Gasteiger partial charge is 0.341 e. The van der Waals surface area contributed by atoms with Crippen LogP contribution >= 0.6 is 22.7 Å². The maximum atomic E-state index is 14.9. The number of imide groups is 2. The van der Waals surface area contributed by atoms with E-state index in [-0.39, 0.29) is 21.1 Å². The third-order valence-corrected chi connectivity index (χ3v) is 13.3. The normalized spacial score (nSPS) is 25.6. The first kappa shape index (κ1) is 34.1. The van der Waals surface area contributed by atoms with Crippen LogP contribution in [0.3, 0.4) is 0 Å². The molecule has 4 amide bonds. The lowest BCUT2D eigenvalue weighted by Gasteiger charge is -2.35. The molecule has 0 aliphatic carbocycles. The molecule has 4 aromatic rings. The Balaban J connectivity index is 1.33. The molecule has 266 valence electrons. The lowest BCUT2D eigenvalue weighted by molar-refractivity contribution is -0.135. The van der Waals surface area contributed by atoms with Crippen LogP contribution in [0.4, 0.5) is 10.0 Å². The Hall–Kier alpha value is -5.02. The van der Waals surface area contributed by atoms with Gasteiger partial charge in [0.05, 0.1) is 49.3 Å². The van der Waals surface area contributed by atoms with Crippen molar-refractivity contribution in [2.24, 2.45) is 11.8 Å². The standard InChI is InChI=1S/C38H34N4O8S2/c1-17-19(3)51-35(23(17)37(47)49-5)39-31(43)25-27(21-13-9-7-10-14-21)42-30-26(28(22-15-11-8-12-16-22)41(42)29(25)33(39)45)32(44)40(34(30)46)36-24(38(48)50-6)18(2)20(4)52-36/h7-16,25-30H,1-6H3/t25-,26-,27+,28+,29-,30+/m1/s1. The third kappa shape index (κ3) is 4.50. The number of hydrogen-bond donors (Lipinski definition) is 0. The lowest BCUT2D eigenvalue weighted by Crippen LogP contribution is -2.50. The predicted molar refractivity (Wildman–Crippen MR) is 192 cm³/mol. The molecule has 52 heavy (non-hydrogen) atoms. The van der Waals surface area contributed by atoms with Gasteiger partial charge in [0.25, 0.3) is 11.8 Å². The molecule has 4 fully saturated rings. The van der Waals surface area contributed by atoms with Crippen LogP contribution in [0.1, 0.15) is 64.8 Å². The number of anilines is 2. The van der Waals surface area contributed by atoms with Crippen LogP contribution < -0.4 is 9.80 Å². The van der Waals surface area contributed by atoms with Gasteiger partial charge in [-0.05, 0) is 49.9 Å². The molecule has 4 aliphatic heterocycles. The first-order valence-electron chi connectivity index (χ1n) is 16.7. The summed E-state index contributed by atoms with van der Waals surface area (Å²) in [6.07, 6.45) is 0. The highest BCUT2D eigenvalue weighted by Crippen LogP contribution is 2.60.